The number of fused-ring (bicyclic) bond motifs is 11. The van der Waals surface area contributed by atoms with Crippen molar-refractivity contribution in [1.82, 2.24) is 0 Å². The summed E-state index contributed by atoms with van der Waals surface area (Å²) in [6.45, 7) is 2.49. The number of hydrogen-bond acceptors (Lipinski definition) is 3. The Morgan fingerprint density at radius 1 is 0.962 bits per heavy atom. The molecule has 6 aliphatic carbocycles. The molecular formula is C23H28O3. The van der Waals surface area contributed by atoms with Crippen molar-refractivity contribution < 1.29 is 14.3 Å². The first-order valence-electron chi connectivity index (χ1n) is 11.0. The lowest BCUT2D eigenvalue weighted by molar-refractivity contribution is -0.172. The summed E-state index contributed by atoms with van der Waals surface area (Å²) in [5.74, 6) is 5.90. The van der Waals surface area contributed by atoms with Gasteiger partial charge in [-0.05, 0) is 74.0 Å². The summed E-state index contributed by atoms with van der Waals surface area (Å²) in [6, 6.07) is 0. The predicted octanol–water partition coefficient (Wildman–Crippen LogP) is 4.06. The molecule has 0 amide bonds. The Bertz CT molecular complexity index is 795. The fourth-order valence-electron chi connectivity index (χ4n) is 9.22. The molecule has 0 bridgehead atoms. The third kappa shape index (κ3) is 1.49. The number of ether oxygens (including phenoxy) is 1. The summed E-state index contributed by atoms with van der Waals surface area (Å²) in [5.41, 5.74) is 3.40. The number of allylic oxidation sites excluding steroid dienone is 2. The third-order valence-electron chi connectivity index (χ3n) is 10.2. The van der Waals surface area contributed by atoms with Crippen molar-refractivity contribution in [3.05, 3.63) is 11.1 Å². The highest BCUT2D eigenvalue weighted by molar-refractivity contribution is 5.83. The van der Waals surface area contributed by atoms with Gasteiger partial charge in [-0.25, -0.2) is 0 Å². The number of rotatable bonds is 0. The monoisotopic (exact) mass is 352 g/mol. The molecule has 0 aromatic carbocycles. The second kappa shape index (κ2) is 4.31. The van der Waals surface area contributed by atoms with Crippen LogP contribution in [0.5, 0.6) is 0 Å². The molecule has 9 atom stereocenters. The van der Waals surface area contributed by atoms with E-state index >= 15 is 0 Å². The Morgan fingerprint density at radius 2 is 1.85 bits per heavy atom. The van der Waals surface area contributed by atoms with E-state index in [-0.39, 0.29) is 17.0 Å². The molecule has 26 heavy (non-hydrogen) atoms. The molecule has 138 valence electrons. The van der Waals surface area contributed by atoms with Crippen LogP contribution < -0.4 is 0 Å². The Balaban J connectivity index is 1.32. The highest BCUT2D eigenvalue weighted by atomic mass is 16.6. The molecule has 0 aromatic heterocycles. The zero-order chi connectivity index (χ0) is 17.4. The number of carbonyl (C=O) groups is 2. The van der Waals surface area contributed by atoms with Gasteiger partial charge < -0.3 is 4.74 Å². The van der Waals surface area contributed by atoms with Gasteiger partial charge in [0.25, 0.3) is 0 Å². The molecule has 5 fully saturated rings. The first kappa shape index (κ1) is 14.9. The second-order valence-corrected chi connectivity index (χ2v) is 10.8. The Kier molecular flexibility index (Phi) is 2.46. The SMILES string of the molecule is C[C@]12CCC3C4=C(CC(=O)CC4)[C@@H]4C[C@@H]4C3C1C1CC1[C@@]21CCC(=O)O1. The average molecular weight is 352 g/mol. The van der Waals surface area contributed by atoms with Gasteiger partial charge in [0, 0.05) is 30.6 Å². The first-order chi connectivity index (χ1) is 12.5. The molecule has 0 aromatic rings. The predicted molar refractivity (Wildman–Crippen MR) is 94.9 cm³/mol. The first-order valence-corrected chi connectivity index (χ1v) is 11.0. The largest absolute Gasteiger partial charge is 0.458 e. The molecule has 7 aliphatic rings. The highest BCUT2D eigenvalue weighted by Gasteiger charge is 2.79. The van der Waals surface area contributed by atoms with Crippen molar-refractivity contribution in [3.8, 4) is 0 Å². The second-order valence-electron chi connectivity index (χ2n) is 10.8. The van der Waals surface area contributed by atoms with Gasteiger partial charge in [-0.3, -0.25) is 9.59 Å². The molecule has 4 saturated carbocycles. The number of hydrogen-bond donors (Lipinski definition) is 0. The van der Waals surface area contributed by atoms with Crippen LogP contribution in [0.4, 0.5) is 0 Å². The molecule has 3 heteroatoms. The Labute approximate surface area is 154 Å². The molecule has 0 radical (unpaired) electrons. The van der Waals surface area contributed by atoms with E-state index in [4.69, 9.17) is 4.74 Å². The normalized spacial score (nSPS) is 58.6. The molecule has 0 N–H and O–H groups in total. The zero-order valence-electron chi connectivity index (χ0n) is 15.6. The lowest BCUT2D eigenvalue weighted by Gasteiger charge is -2.55. The van der Waals surface area contributed by atoms with Crippen molar-refractivity contribution in [3.63, 3.8) is 0 Å². The van der Waals surface area contributed by atoms with Gasteiger partial charge in [-0.2, -0.15) is 0 Å². The number of carbonyl (C=O) groups excluding carboxylic acids is 2. The molecule has 1 spiro atoms. The van der Waals surface area contributed by atoms with Crippen molar-refractivity contribution in [2.45, 2.75) is 70.3 Å². The minimum atomic E-state index is -0.119. The quantitative estimate of drug-likeness (QED) is 0.488. The van der Waals surface area contributed by atoms with Gasteiger partial charge in [0.2, 0.25) is 0 Å². The van der Waals surface area contributed by atoms with Crippen LogP contribution in [0, 0.1) is 46.8 Å². The van der Waals surface area contributed by atoms with E-state index in [0.717, 1.165) is 61.2 Å². The smallest absolute Gasteiger partial charge is 0.306 e. The van der Waals surface area contributed by atoms with Crippen LogP contribution in [0.2, 0.25) is 0 Å². The molecule has 1 heterocycles. The molecule has 3 nitrogen and oxygen atoms in total. The van der Waals surface area contributed by atoms with Crippen LogP contribution in [-0.4, -0.2) is 17.4 Å². The van der Waals surface area contributed by atoms with Crippen LogP contribution in [-0.2, 0) is 14.3 Å². The van der Waals surface area contributed by atoms with E-state index in [1.165, 1.54) is 25.7 Å². The van der Waals surface area contributed by atoms with E-state index in [1.807, 2.05) is 0 Å². The number of esters is 1. The van der Waals surface area contributed by atoms with E-state index < -0.39 is 0 Å². The summed E-state index contributed by atoms with van der Waals surface area (Å²) in [4.78, 5) is 24.1. The Hall–Kier alpha value is -1.12. The maximum Gasteiger partial charge on any atom is 0.306 e. The highest BCUT2D eigenvalue weighted by Crippen LogP contribution is 2.80. The van der Waals surface area contributed by atoms with Crippen molar-refractivity contribution in [2.75, 3.05) is 0 Å². The average Bonchev–Trinajstić information content (AvgIpc) is 3.51. The number of Topliss-reactive ketones (excluding diaryl/α,β-unsaturated/α-hetero) is 1. The molecule has 5 unspecified atom stereocenters. The zero-order valence-corrected chi connectivity index (χ0v) is 15.6. The van der Waals surface area contributed by atoms with Crippen LogP contribution in [0.15, 0.2) is 11.1 Å². The fourth-order valence-corrected chi connectivity index (χ4v) is 9.22. The van der Waals surface area contributed by atoms with Gasteiger partial charge in [0.1, 0.15) is 11.4 Å². The van der Waals surface area contributed by atoms with E-state index in [1.54, 1.807) is 11.1 Å². The Morgan fingerprint density at radius 3 is 2.65 bits per heavy atom. The minimum absolute atomic E-state index is 0.0587. The maximum atomic E-state index is 12.1. The maximum absolute atomic E-state index is 12.1. The van der Waals surface area contributed by atoms with Crippen molar-refractivity contribution in [2.24, 2.45) is 46.8 Å². The molecule has 1 saturated heterocycles. The van der Waals surface area contributed by atoms with E-state index in [0.29, 0.717) is 18.1 Å². The molecular weight excluding hydrogens is 324 g/mol. The minimum Gasteiger partial charge on any atom is -0.458 e. The van der Waals surface area contributed by atoms with E-state index in [9.17, 15) is 9.59 Å². The molecule has 7 rings (SSSR count). The summed E-state index contributed by atoms with van der Waals surface area (Å²) >= 11 is 0. The lowest BCUT2D eigenvalue weighted by atomic mass is 9.50. The summed E-state index contributed by atoms with van der Waals surface area (Å²) in [6.07, 6.45) is 9.37. The van der Waals surface area contributed by atoms with Gasteiger partial charge in [0.05, 0.1) is 0 Å². The lowest BCUT2D eigenvalue weighted by Crippen LogP contribution is -2.54. The summed E-state index contributed by atoms with van der Waals surface area (Å²) < 4.78 is 6.19. The van der Waals surface area contributed by atoms with Crippen molar-refractivity contribution >= 4 is 11.8 Å². The van der Waals surface area contributed by atoms with Gasteiger partial charge in [-0.15, -0.1) is 0 Å². The topological polar surface area (TPSA) is 43.4 Å². The number of ketones is 1. The standard InChI is InChI=1S/C23H28O3/c1-22-6-4-13-12-3-2-11(24)8-14(12)15-9-16(15)20(13)21(22)17-10-18(17)23(22)7-5-19(25)26-23/h13,15-18,20-21H,2-10H2,1H3/t13?,15-,16-,17?,18?,20?,21?,22-,23-/m0/s1. The summed E-state index contributed by atoms with van der Waals surface area (Å²) in [5, 5.41) is 0. The van der Waals surface area contributed by atoms with Crippen LogP contribution in [0.1, 0.15) is 64.7 Å². The van der Waals surface area contributed by atoms with Gasteiger partial charge in [-0.1, -0.05) is 18.1 Å². The van der Waals surface area contributed by atoms with Crippen LogP contribution in [0.3, 0.4) is 0 Å². The van der Waals surface area contributed by atoms with Crippen LogP contribution >= 0.6 is 0 Å². The molecule has 1 aliphatic heterocycles. The van der Waals surface area contributed by atoms with E-state index in [2.05, 4.69) is 6.92 Å². The van der Waals surface area contributed by atoms with Crippen molar-refractivity contribution in [1.29, 1.82) is 0 Å². The van der Waals surface area contributed by atoms with Gasteiger partial charge in [0.15, 0.2) is 0 Å². The van der Waals surface area contributed by atoms with Gasteiger partial charge >= 0.3 is 5.97 Å². The van der Waals surface area contributed by atoms with Crippen LogP contribution in [0.25, 0.3) is 0 Å². The summed E-state index contributed by atoms with van der Waals surface area (Å²) in [7, 11) is 0. The fraction of sp³-hybridized carbons (Fsp3) is 0.826. The third-order valence-corrected chi connectivity index (χ3v) is 10.2.